The van der Waals surface area contributed by atoms with Crippen LogP contribution in [-0.4, -0.2) is 0 Å². The van der Waals surface area contributed by atoms with Crippen molar-refractivity contribution in [1.29, 1.82) is 0 Å². The molecule has 0 saturated carbocycles. The minimum absolute atomic E-state index is 0.921. The van der Waals surface area contributed by atoms with Crippen molar-refractivity contribution in [3.63, 3.8) is 0 Å². The number of hydrogen-bond acceptors (Lipinski definition) is 0. The van der Waals surface area contributed by atoms with E-state index in [2.05, 4.69) is 151 Å². The lowest BCUT2D eigenvalue weighted by Crippen LogP contribution is -1.98. The Hall–Kier alpha value is -2.46. The molecule has 5 aromatic carbocycles. The third-order valence-corrected chi connectivity index (χ3v) is 8.22. The summed E-state index contributed by atoms with van der Waals surface area (Å²) < 4.78 is 3.17. The van der Waals surface area contributed by atoms with Crippen LogP contribution in [-0.2, 0) is 6.42 Å². The average molecular weight is 631 g/mol. The van der Waals surface area contributed by atoms with E-state index in [1.807, 2.05) is 0 Å². The fraction of sp³-hybridized carbons (Fsp3) is 0.0323. The fourth-order valence-corrected chi connectivity index (χ4v) is 7.74. The van der Waals surface area contributed by atoms with Crippen molar-refractivity contribution in [2.24, 2.45) is 0 Å². The van der Waals surface area contributed by atoms with Gasteiger partial charge in [0, 0.05) is 19.0 Å². The molecule has 5 aromatic rings. The zero-order chi connectivity index (χ0) is 23.2. The van der Waals surface area contributed by atoms with E-state index >= 15 is 0 Å². The van der Waals surface area contributed by atoms with Crippen LogP contribution >= 0.6 is 47.8 Å². The second-order valence-electron chi connectivity index (χ2n) is 8.51. The second-order valence-corrected chi connectivity index (χ2v) is 11.1. The molecule has 0 spiro atoms. The van der Waals surface area contributed by atoms with Crippen LogP contribution < -0.4 is 0 Å². The summed E-state index contributed by atoms with van der Waals surface area (Å²) in [5.41, 5.74) is 12.8. The number of fused-ring (bicyclic) bond motifs is 3. The molecule has 0 amide bonds. The van der Waals surface area contributed by atoms with Gasteiger partial charge in [0.2, 0.25) is 0 Å². The summed E-state index contributed by atoms with van der Waals surface area (Å²) in [5, 5.41) is 0. The predicted octanol–water partition coefficient (Wildman–Crippen LogP) is 10.5. The Balaban J connectivity index is 1.81. The van der Waals surface area contributed by atoms with E-state index in [-0.39, 0.29) is 0 Å². The molecule has 0 heterocycles. The van der Waals surface area contributed by atoms with Gasteiger partial charge in [-0.25, -0.2) is 0 Å². The smallest absolute Gasteiger partial charge is 0.0276 e. The average Bonchev–Trinajstić information content (AvgIpc) is 3.23. The minimum atomic E-state index is 0.921. The van der Waals surface area contributed by atoms with Crippen molar-refractivity contribution >= 4 is 47.8 Å². The van der Waals surface area contributed by atoms with Crippen LogP contribution in [0.25, 0.3) is 44.5 Å². The summed E-state index contributed by atoms with van der Waals surface area (Å²) in [6.07, 6.45) is 0.921. The van der Waals surface area contributed by atoms with Crippen LogP contribution in [0.3, 0.4) is 0 Å². The van der Waals surface area contributed by atoms with E-state index in [0.717, 1.165) is 19.8 Å². The molecule has 3 heteroatoms. The Kier molecular flexibility index (Phi) is 5.81. The van der Waals surface area contributed by atoms with Crippen molar-refractivity contribution in [3.8, 4) is 44.5 Å². The molecule has 0 aliphatic heterocycles. The quantitative estimate of drug-likeness (QED) is 0.182. The highest BCUT2D eigenvalue weighted by molar-refractivity contribution is 9.11. The van der Waals surface area contributed by atoms with Gasteiger partial charge >= 0.3 is 0 Å². The second kappa shape index (κ2) is 8.96. The van der Waals surface area contributed by atoms with Gasteiger partial charge in [-0.3, -0.25) is 0 Å². The summed E-state index contributed by atoms with van der Waals surface area (Å²) in [6, 6.07) is 37.0. The molecule has 6 rings (SSSR count). The molecule has 164 valence electrons. The standard InChI is InChI=1S/C31H19Br3/c32-22-16-27(33)31(28(34)17-22)30-26-15-21-13-7-8-14-23(21)25(26)18-24(19-9-3-1-4-10-19)29(30)20-11-5-2-6-12-20/h1-14,16-18H,15H2. The molecule has 34 heavy (non-hydrogen) atoms. The van der Waals surface area contributed by atoms with Crippen LogP contribution in [0, 0.1) is 0 Å². The molecule has 0 bridgehead atoms. The Labute approximate surface area is 225 Å². The molecule has 1 aliphatic carbocycles. The third kappa shape index (κ3) is 3.71. The zero-order valence-electron chi connectivity index (χ0n) is 18.2. The molecule has 0 atom stereocenters. The highest BCUT2D eigenvalue weighted by Crippen LogP contribution is 2.53. The molecular formula is C31H19Br3. The van der Waals surface area contributed by atoms with E-state index in [0.29, 0.717) is 0 Å². The first-order valence-corrected chi connectivity index (χ1v) is 13.5. The first-order valence-electron chi connectivity index (χ1n) is 11.2. The number of benzene rings is 5. The zero-order valence-corrected chi connectivity index (χ0v) is 22.9. The summed E-state index contributed by atoms with van der Waals surface area (Å²) in [7, 11) is 0. The Bertz CT molecular complexity index is 1510. The monoisotopic (exact) mass is 628 g/mol. The van der Waals surface area contributed by atoms with Crippen LogP contribution in [0.2, 0.25) is 0 Å². The summed E-state index contributed by atoms with van der Waals surface area (Å²) in [4.78, 5) is 0. The summed E-state index contributed by atoms with van der Waals surface area (Å²) in [5.74, 6) is 0. The lowest BCUT2D eigenvalue weighted by atomic mass is 9.82. The van der Waals surface area contributed by atoms with Crippen molar-refractivity contribution in [1.82, 2.24) is 0 Å². The minimum Gasteiger partial charge on any atom is -0.0622 e. The fourth-order valence-electron chi connectivity index (χ4n) is 5.08. The molecule has 0 radical (unpaired) electrons. The van der Waals surface area contributed by atoms with Crippen LogP contribution in [0.5, 0.6) is 0 Å². The maximum Gasteiger partial charge on any atom is 0.0276 e. The molecule has 0 nitrogen and oxygen atoms in total. The van der Waals surface area contributed by atoms with E-state index in [9.17, 15) is 0 Å². The Morgan fingerprint density at radius 3 is 1.74 bits per heavy atom. The maximum atomic E-state index is 3.91. The van der Waals surface area contributed by atoms with E-state index in [4.69, 9.17) is 0 Å². The van der Waals surface area contributed by atoms with Gasteiger partial charge < -0.3 is 0 Å². The van der Waals surface area contributed by atoms with Crippen molar-refractivity contribution in [3.05, 3.63) is 128 Å². The van der Waals surface area contributed by atoms with Gasteiger partial charge in [-0.05, 0) is 74.7 Å². The summed E-state index contributed by atoms with van der Waals surface area (Å²) >= 11 is 11.5. The van der Waals surface area contributed by atoms with E-state index in [1.54, 1.807) is 0 Å². The maximum absolute atomic E-state index is 3.91. The molecule has 0 fully saturated rings. The molecular weight excluding hydrogens is 612 g/mol. The third-order valence-electron chi connectivity index (χ3n) is 6.51. The van der Waals surface area contributed by atoms with Crippen LogP contribution in [0.4, 0.5) is 0 Å². The number of halogens is 3. The van der Waals surface area contributed by atoms with Gasteiger partial charge in [0.25, 0.3) is 0 Å². The van der Waals surface area contributed by atoms with Gasteiger partial charge in [0.05, 0.1) is 0 Å². The molecule has 1 aliphatic rings. The topological polar surface area (TPSA) is 0 Å². The first kappa shape index (κ1) is 22.0. The van der Waals surface area contributed by atoms with Gasteiger partial charge in [-0.2, -0.15) is 0 Å². The predicted molar refractivity (Wildman–Crippen MR) is 154 cm³/mol. The van der Waals surface area contributed by atoms with Crippen LogP contribution in [0.15, 0.2) is 117 Å². The molecule has 0 N–H and O–H groups in total. The highest BCUT2D eigenvalue weighted by Gasteiger charge is 2.29. The lowest BCUT2D eigenvalue weighted by Gasteiger charge is -2.22. The van der Waals surface area contributed by atoms with Gasteiger partial charge in [-0.1, -0.05) is 133 Å². The van der Waals surface area contributed by atoms with Gasteiger partial charge in [0.1, 0.15) is 0 Å². The SMILES string of the molecule is Brc1cc(Br)c(-c2c3c(cc(-c4ccccc4)c2-c2ccccc2)-c2ccccc2C3)c(Br)c1. The molecule has 0 unspecified atom stereocenters. The van der Waals surface area contributed by atoms with Crippen LogP contribution in [0.1, 0.15) is 11.1 Å². The molecule has 0 saturated heterocycles. The van der Waals surface area contributed by atoms with Crippen molar-refractivity contribution in [2.45, 2.75) is 6.42 Å². The van der Waals surface area contributed by atoms with E-state index < -0.39 is 0 Å². The van der Waals surface area contributed by atoms with Crippen molar-refractivity contribution < 1.29 is 0 Å². The Morgan fingerprint density at radius 1 is 0.471 bits per heavy atom. The molecule has 0 aromatic heterocycles. The highest BCUT2D eigenvalue weighted by atomic mass is 79.9. The van der Waals surface area contributed by atoms with E-state index in [1.165, 1.54) is 55.6 Å². The van der Waals surface area contributed by atoms with Gasteiger partial charge in [0.15, 0.2) is 0 Å². The Morgan fingerprint density at radius 2 is 1.06 bits per heavy atom. The largest absolute Gasteiger partial charge is 0.0622 e. The number of hydrogen-bond donors (Lipinski definition) is 0. The first-order chi connectivity index (χ1) is 16.6. The summed E-state index contributed by atoms with van der Waals surface area (Å²) in [6.45, 7) is 0. The number of rotatable bonds is 3. The van der Waals surface area contributed by atoms with Gasteiger partial charge in [-0.15, -0.1) is 0 Å². The normalized spacial score (nSPS) is 11.9. The lowest BCUT2D eigenvalue weighted by molar-refractivity contribution is 1.26. The van der Waals surface area contributed by atoms with Crippen molar-refractivity contribution in [2.75, 3.05) is 0 Å².